The summed E-state index contributed by atoms with van der Waals surface area (Å²) in [6.07, 6.45) is 0.532. The third kappa shape index (κ3) is 2.20. The van der Waals surface area contributed by atoms with E-state index in [0.717, 1.165) is 5.06 Å². The van der Waals surface area contributed by atoms with Crippen LogP contribution in [0.2, 0.25) is 0 Å². The Morgan fingerprint density at radius 3 is 2.69 bits per heavy atom. The van der Waals surface area contributed by atoms with Crippen molar-refractivity contribution >= 4 is 12.2 Å². The summed E-state index contributed by atoms with van der Waals surface area (Å²) in [5.74, 6) is 1.48. The number of benzene rings is 1. The van der Waals surface area contributed by atoms with E-state index in [9.17, 15) is 4.79 Å². The van der Waals surface area contributed by atoms with Crippen LogP contribution < -0.4 is 9.90 Å². The predicted octanol–water partition coefficient (Wildman–Crippen LogP) is 1.94. The van der Waals surface area contributed by atoms with Gasteiger partial charge in [0.2, 0.25) is 12.2 Å². The highest BCUT2D eigenvalue weighted by Gasteiger charge is 2.11. The van der Waals surface area contributed by atoms with Crippen LogP contribution >= 0.6 is 0 Å². The zero-order chi connectivity index (χ0) is 11.4. The number of carbonyl (C=O) groups is 1. The molecule has 0 atom stereocenters. The molecule has 2 rings (SSSR count). The lowest BCUT2D eigenvalue weighted by Crippen LogP contribution is -2.25. The first-order chi connectivity index (χ1) is 7.79. The average Bonchev–Trinajstić information content (AvgIpc) is 2.74. The molecule has 2 aromatic rings. The molecule has 0 fully saturated rings. The van der Waals surface area contributed by atoms with E-state index in [4.69, 9.17) is 9.36 Å². The highest BCUT2D eigenvalue weighted by atomic mass is 16.7. The number of nitrogens with zero attached hydrogens (tertiary/aromatic N) is 2. The number of para-hydroxylation sites is 1. The monoisotopic (exact) mass is 218 g/mol. The van der Waals surface area contributed by atoms with E-state index in [-0.39, 0.29) is 0 Å². The van der Waals surface area contributed by atoms with Gasteiger partial charge in [-0.1, -0.05) is 23.4 Å². The molecule has 1 heterocycles. The molecule has 16 heavy (non-hydrogen) atoms. The van der Waals surface area contributed by atoms with Crippen LogP contribution in [-0.2, 0) is 4.79 Å². The number of rotatable bonds is 4. The molecule has 1 amide bonds. The van der Waals surface area contributed by atoms with Crippen molar-refractivity contribution in [1.29, 1.82) is 0 Å². The van der Waals surface area contributed by atoms with Crippen molar-refractivity contribution in [2.75, 3.05) is 5.06 Å². The molecule has 0 unspecified atom stereocenters. The first-order valence-electron chi connectivity index (χ1n) is 4.70. The number of hydroxylamine groups is 1. The molecule has 1 aromatic carbocycles. The van der Waals surface area contributed by atoms with E-state index in [0.29, 0.717) is 23.7 Å². The Hall–Kier alpha value is -2.30. The van der Waals surface area contributed by atoms with Gasteiger partial charge in [-0.3, -0.25) is 4.79 Å². The molecule has 0 N–H and O–H groups in total. The Labute approximate surface area is 92.2 Å². The van der Waals surface area contributed by atoms with Crippen molar-refractivity contribution in [2.45, 2.75) is 6.92 Å². The molecule has 5 heteroatoms. The van der Waals surface area contributed by atoms with Gasteiger partial charge in [0.15, 0.2) is 5.75 Å². The minimum absolute atomic E-state index is 0.316. The number of aryl methyl sites for hydroxylation is 1. The van der Waals surface area contributed by atoms with Crippen LogP contribution in [0, 0.1) is 6.92 Å². The summed E-state index contributed by atoms with van der Waals surface area (Å²) in [7, 11) is 0. The molecule has 82 valence electrons. The summed E-state index contributed by atoms with van der Waals surface area (Å²) in [5.41, 5.74) is 0. The van der Waals surface area contributed by atoms with Crippen LogP contribution in [0.1, 0.15) is 5.76 Å². The van der Waals surface area contributed by atoms with Crippen molar-refractivity contribution in [1.82, 2.24) is 5.16 Å². The highest BCUT2D eigenvalue weighted by molar-refractivity contribution is 5.70. The van der Waals surface area contributed by atoms with Crippen molar-refractivity contribution < 1.29 is 14.2 Å². The van der Waals surface area contributed by atoms with Crippen molar-refractivity contribution in [3.05, 3.63) is 42.2 Å². The van der Waals surface area contributed by atoms with Crippen LogP contribution in [0.5, 0.6) is 5.75 Å². The normalized spacial score (nSPS) is 9.81. The van der Waals surface area contributed by atoms with Crippen LogP contribution in [0.3, 0.4) is 0 Å². The van der Waals surface area contributed by atoms with Gasteiger partial charge in [-0.05, 0) is 19.1 Å². The summed E-state index contributed by atoms with van der Waals surface area (Å²) in [4.78, 5) is 16.1. The Balaban J connectivity index is 2.15. The lowest BCUT2D eigenvalue weighted by atomic mass is 10.3. The third-order valence-electron chi connectivity index (χ3n) is 1.88. The van der Waals surface area contributed by atoms with E-state index in [1.807, 2.05) is 18.2 Å². The SMILES string of the molecule is Cc1cc(N(C=O)Oc2ccccc2)no1. The van der Waals surface area contributed by atoms with Gasteiger partial charge in [0, 0.05) is 6.07 Å². The lowest BCUT2D eigenvalue weighted by Gasteiger charge is -2.13. The van der Waals surface area contributed by atoms with E-state index >= 15 is 0 Å². The van der Waals surface area contributed by atoms with Crippen LogP contribution in [0.25, 0.3) is 0 Å². The average molecular weight is 218 g/mol. The predicted molar refractivity (Wildman–Crippen MR) is 56.9 cm³/mol. The topological polar surface area (TPSA) is 55.6 Å². The van der Waals surface area contributed by atoms with Gasteiger partial charge in [0.1, 0.15) is 5.76 Å². The summed E-state index contributed by atoms with van der Waals surface area (Å²) in [6.45, 7) is 1.74. The number of aromatic nitrogens is 1. The minimum atomic E-state index is 0.316. The first-order valence-corrected chi connectivity index (χ1v) is 4.70. The Morgan fingerprint density at radius 2 is 2.12 bits per heavy atom. The van der Waals surface area contributed by atoms with Gasteiger partial charge >= 0.3 is 0 Å². The van der Waals surface area contributed by atoms with E-state index in [1.165, 1.54) is 0 Å². The fourth-order valence-corrected chi connectivity index (χ4v) is 1.17. The fraction of sp³-hybridized carbons (Fsp3) is 0.0909. The molecule has 0 bridgehead atoms. The van der Waals surface area contributed by atoms with E-state index in [1.54, 1.807) is 25.1 Å². The van der Waals surface area contributed by atoms with Crippen molar-refractivity contribution in [3.63, 3.8) is 0 Å². The maximum Gasteiger partial charge on any atom is 0.249 e. The zero-order valence-corrected chi connectivity index (χ0v) is 8.66. The Bertz CT molecular complexity index is 467. The number of carbonyl (C=O) groups excluding carboxylic acids is 1. The second-order valence-corrected chi connectivity index (χ2v) is 3.13. The van der Waals surface area contributed by atoms with Crippen LogP contribution in [-0.4, -0.2) is 11.6 Å². The molecule has 0 saturated heterocycles. The summed E-state index contributed by atoms with van der Waals surface area (Å²) >= 11 is 0. The molecule has 0 spiro atoms. The second kappa shape index (κ2) is 4.48. The molecule has 0 radical (unpaired) electrons. The van der Waals surface area contributed by atoms with Gasteiger partial charge in [0.25, 0.3) is 0 Å². The number of hydrogen-bond acceptors (Lipinski definition) is 4. The smallest absolute Gasteiger partial charge is 0.249 e. The van der Waals surface area contributed by atoms with Crippen molar-refractivity contribution in [3.8, 4) is 5.75 Å². The number of amides is 1. The molecule has 5 nitrogen and oxygen atoms in total. The van der Waals surface area contributed by atoms with E-state index in [2.05, 4.69) is 5.16 Å². The first kappa shape index (κ1) is 10.2. The van der Waals surface area contributed by atoms with Crippen molar-refractivity contribution in [2.24, 2.45) is 0 Å². The highest BCUT2D eigenvalue weighted by Crippen LogP contribution is 2.16. The van der Waals surface area contributed by atoms with Gasteiger partial charge in [-0.2, -0.15) is 0 Å². The molecular weight excluding hydrogens is 208 g/mol. The summed E-state index contributed by atoms with van der Waals surface area (Å²) in [5, 5.41) is 4.68. The minimum Gasteiger partial charge on any atom is -0.371 e. The molecule has 0 aliphatic rings. The maximum absolute atomic E-state index is 10.8. The van der Waals surface area contributed by atoms with Crippen LogP contribution in [0.4, 0.5) is 5.82 Å². The lowest BCUT2D eigenvalue weighted by molar-refractivity contribution is -0.111. The van der Waals surface area contributed by atoms with Gasteiger partial charge < -0.3 is 9.36 Å². The molecule has 0 aliphatic heterocycles. The number of anilines is 1. The largest absolute Gasteiger partial charge is 0.371 e. The van der Waals surface area contributed by atoms with Gasteiger partial charge in [-0.25, -0.2) is 0 Å². The van der Waals surface area contributed by atoms with Gasteiger partial charge in [-0.15, -0.1) is 5.06 Å². The molecule has 0 saturated carbocycles. The second-order valence-electron chi connectivity index (χ2n) is 3.13. The molecular formula is C11H10N2O3. The van der Waals surface area contributed by atoms with E-state index < -0.39 is 0 Å². The van der Waals surface area contributed by atoms with Gasteiger partial charge in [0.05, 0.1) is 0 Å². The quantitative estimate of drug-likeness (QED) is 0.581. The maximum atomic E-state index is 10.8. The number of hydrogen-bond donors (Lipinski definition) is 0. The summed E-state index contributed by atoms with van der Waals surface area (Å²) < 4.78 is 4.85. The third-order valence-corrected chi connectivity index (χ3v) is 1.88. The fourth-order valence-electron chi connectivity index (χ4n) is 1.17. The molecule has 1 aromatic heterocycles. The zero-order valence-electron chi connectivity index (χ0n) is 8.66. The Morgan fingerprint density at radius 1 is 1.38 bits per heavy atom. The van der Waals surface area contributed by atoms with Crippen LogP contribution in [0.15, 0.2) is 40.9 Å². The standard InChI is InChI=1S/C11H10N2O3/c1-9-7-11(12-15-9)13(8-14)16-10-5-3-2-4-6-10/h2-8H,1H3. The Kier molecular flexibility index (Phi) is 2.86. The molecule has 0 aliphatic carbocycles. The summed E-state index contributed by atoms with van der Waals surface area (Å²) in [6, 6.07) is 10.6.